The van der Waals surface area contributed by atoms with Crippen LogP contribution in [0.25, 0.3) is 0 Å². The van der Waals surface area contributed by atoms with Gasteiger partial charge in [-0.15, -0.1) is 0 Å². The zero-order chi connectivity index (χ0) is 6.74. The second kappa shape index (κ2) is 2.81. The summed E-state index contributed by atoms with van der Waals surface area (Å²) in [5.41, 5.74) is 0. The molecule has 3 heteroatoms. The van der Waals surface area contributed by atoms with Crippen molar-refractivity contribution in [1.82, 2.24) is 5.32 Å². The highest BCUT2D eigenvalue weighted by Crippen LogP contribution is 2.30. The van der Waals surface area contributed by atoms with E-state index in [1.807, 2.05) is 0 Å². The number of aliphatic hydroxyl groups is 1. The first kappa shape index (κ1) is 7.25. The van der Waals surface area contributed by atoms with Crippen LogP contribution in [0.15, 0.2) is 0 Å². The van der Waals surface area contributed by atoms with Gasteiger partial charge in [0.1, 0.15) is 0 Å². The molecule has 51 valence electrons. The molecule has 0 aromatic heterocycles. The Labute approximate surface area is 59.1 Å². The molecule has 1 rings (SSSR count). The van der Waals surface area contributed by atoms with Gasteiger partial charge in [0.15, 0.2) is 0 Å². The van der Waals surface area contributed by atoms with Gasteiger partial charge >= 0.3 is 0 Å². The molecule has 0 unspecified atom stereocenters. The molecule has 1 aliphatic rings. The summed E-state index contributed by atoms with van der Waals surface area (Å²) in [5, 5.41) is 12.1. The molecular formula is C6H12NOSi. The average Bonchev–Trinajstić information content (AvgIpc) is 1.90. The van der Waals surface area contributed by atoms with Gasteiger partial charge in [0.2, 0.25) is 0 Å². The van der Waals surface area contributed by atoms with Crippen molar-refractivity contribution in [2.24, 2.45) is 0 Å². The van der Waals surface area contributed by atoms with Gasteiger partial charge in [-0.1, -0.05) is 0 Å². The first-order valence-corrected chi connectivity index (χ1v) is 3.83. The van der Waals surface area contributed by atoms with Crippen LogP contribution in [0.2, 0.25) is 5.04 Å². The van der Waals surface area contributed by atoms with Crippen molar-refractivity contribution in [2.75, 3.05) is 19.7 Å². The second-order valence-corrected chi connectivity index (χ2v) is 3.75. The molecule has 0 amide bonds. The molecule has 0 spiro atoms. The molecule has 0 aliphatic carbocycles. The van der Waals surface area contributed by atoms with Gasteiger partial charge in [-0.3, -0.25) is 0 Å². The fraction of sp³-hybridized carbons (Fsp3) is 1.00. The first-order valence-electron chi connectivity index (χ1n) is 3.33. The van der Waals surface area contributed by atoms with Gasteiger partial charge in [0, 0.05) is 16.8 Å². The van der Waals surface area contributed by atoms with E-state index in [-0.39, 0.29) is 11.6 Å². The van der Waals surface area contributed by atoms with E-state index < -0.39 is 0 Å². The summed E-state index contributed by atoms with van der Waals surface area (Å²) in [7, 11) is 3.56. The molecule has 1 fully saturated rings. The van der Waals surface area contributed by atoms with Crippen molar-refractivity contribution < 1.29 is 5.11 Å². The monoisotopic (exact) mass is 142 g/mol. The number of rotatable bonds is 1. The Balaban J connectivity index is 2.37. The fourth-order valence-electron chi connectivity index (χ4n) is 1.06. The minimum atomic E-state index is 0.0191. The van der Waals surface area contributed by atoms with E-state index in [0.29, 0.717) is 0 Å². The Morgan fingerprint density at radius 1 is 1.44 bits per heavy atom. The summed E-state index contributed by atoms with van der Waals surface area (Å²) in [6.45, 7) is 2.29. The van der Waals surface area contributed by atoms with Gasteiger partial charge in [0.25, 0.3) is 0 Å². The van der Waals surface area contributed by atoms with Crippen LogP contribution in [-0.2, 0) is 0 Å². The van der Waals surface area contributed by atoms with Crippen LogP contribution in [-0.4, -0.2) is 35.0 Å². The fourth-order valence-corrected chi connectivity index (χ4v) is 1.31. The lowest BCUT2D eigenvalue weighted by Crippen LogP contribution is -2.34. The molecule has 1 saturated heterocycles. The molecule has 3 radical (unpaired) electrons. The van der Waals surface area contributed by atoms with E-state index in [9.17, 15) is 0 Å². The van der Waals surface area contributed by atoms with Crippen LogP contribution in [0.5, 0.6) is 0 Å². The highest BCUT2D eigenvalue weighted by atomic mass is 28.1. The van der Waals surface area contributed by atoms with Crippen LogP contribution >= 0.6 is 0 Å². The van der Waals surface area contributed by atoms with Crippen molar-refractivity contribution in [3.63, 3.8) is 0 Å². The molecule has 0 bridgehead atoms. The Bertz CT molecular complexity index is 91.1. The average molecular weight is 142 g/mol. The normalized spacial score (nSPS) is 26.0. The Morgan fingerprint density at radius 2 is 2.00 bits per heavy atom. The van der Waals surface area contributed by atoms with E-state index in [4.69, 9.17) is 5.11 Å². The zero-order valence-corrected chi connectivity index (χ0v) is 6.48. The van der Waals surface area contributed by atoms with Crippen molar-refractivity contribution in [1.29, 1.82) is 0 Å². The standard InChI is InChI=1S/C6H12NOSi/c8-5-6(9)1-3-7-4-2-6/h7-8H,1-5H2. The lowest BCUT2D eigenvalue weighted by molar-refractivity contribution is 0.209. The van der Waals surface area contributed by atoms with Crippen LogP contribution in [0, 0.1) is 0 Å². The third kappa shape index (κ3) is 1.78. The number of piperidine rings is 1. The van der Waals surface area contributed by atoms with Crippen molar-refractivity contribution >= 4 is 10.2 Å². The summed E-state index contributed by atoms with van der Waals surface area (Å²) in [6, 6.07) is 0. The van der Waals surface area contributed by atoms with Crippen LogP contribution in [0.1, 0.15) is 12.8 Å². The highest BCUT2D eigenvalue weighted by Gasteiger charge is 2.25. The maximum atomic E-state index is 8.87. The number of hydrogen-bond acceptors (Lipinski definition) is 2. The molecule has 0 aromatic rings. The molecule has 2 N–H and O–H groups in total. The van der Waals surface area contributed by atoms with E-state index >= 15 is 0 Å². The molecule has 0 atom stereocenters. The first-order chi connectivity index (χ1) is 4.27. The van der Waals surface area contributed by atoms with E-state index in [0.717, 1.165) is 25.9 Å². The zero-order valence-electron chi connectivity index (χ0n) is 5.48. The van der Waals surface area contributed by atoms with Gasteiger partial charge in [-0.2, -0.15) is 0 Å². The lowest BCUT2D eigenvalue weighted by atomic mass is 9.98. The molecular weight excluding hydrogens is 130 g/mol. The smallest absolute Gasteiger partial charge is 0.0456 e. The predicted molar refractivity (Wildman–Crippen MR) is 37.6 cm³/mol. The Kier molecular flexibility index (Phi) is 2.27. The maximum Gasteiger partial charge on any atom is 0.0456 e. The quantitative estimate of drug-likeness (QED) is 0.492. The summed E-state index contributed by atoms with van der Waals surface area (Å²) >= 11 is 0. The summed E-state index contributed by atoms with van der Waals surface area (Å²) in [5.74, 6) is 0. The van der Waals surface area contributed by atoms with E-state index in [1.54, 1.807) is 0 Å². The SMILES string of the molecule is OCC1([Si])CCNCC1. The largest absolute Gasteiger partial charge is 0.396 e. The number of nitrogens with one attached hydrogen (secondary N) is 1. The molecule has 9 heavy (non-hydrogen) atoms. The summed E-state index contributed by atoms with van der Waals surface area (Å²) in [4.78, 5) is 0. The van der Waals surface area contributed by atoms with E-state index in [2.05, 4.69) is 15.6 Å². The molecule has 0 saturated carbocycles. The number of aliphatic hydroxyl groups excluding tert-OH is 1. The van der Waals surface area contributed by atoms with Gasteiger partial charge in [-0.25, -0.2) is 0 Å². The molecule has 0 aromatic carbocycles. The Morgan fingerprint density at radius 3 is 2.33 bits per heavy atom. The molecule has 1 heterocycles. The topological polar surface area (TPSA) is 32.3 Å². The summed E-state index contributed by atoms with van der Waals surface area (Å²) in [6.07, 6.45) is 2.06. The maximum absolute atomic E-state index is 8.87. The number of hydrogen-bond donors (Lipinski definition) is 2. The second-order valence-electron chi connectivity index (χ2n) is 2.69. The molecule has 1 aliphatic heterocycles. The van der Waals surface area contributed by atoms with Crippen molar-refractivity contribution in [2.45, 2.75) is 17.9 Å². The van der Waals surface area contributed by atoms with Gasteiger partial charge < -0.3 is 10.4 Å². The third-order valence-corrected chi connectivity index (χ3v) is 2.52. The lowest BCUT2D eigenvalue weighted by Gasteiger charge is -2.31. The van der Waals surface area contributed by atoms with E-state index in [1.165, 1.54) is 0 Å². The molecule has 2 nitrogen and oxygen atoms in total. The van der Waals surface area contributed by atoms with Crippen LogP contribution < -0.4 is 5.32 Å². The third-order valence-electron chi connectivity index (χ3n) is 1.86. The highest BCUT2D eigenvalue weighted by molar-refractivity contribution is 6.15. The summed E-state index contributed by atoms with van der Waals surface area (Å²) < 4.78 is 0. The van der Waals surface area contributed by atoms with Gasteiger partial charge in [-0.05, 0) is 31.0 Å². The van der Waals surface area contributed by atoms with Crippen molar-refractivity contribution in [3.05, 3.63) is 0 Å². The van der Waals surface area contributed by atoms with Crippen molar-refractivity contribution in [3.8, 4) is 0 Å². The Hall–Kier alpha value is 0.137. The predicted octanol–water partition coefficient (Wildman–Crippen LogP) is -0.311. The van der Waals surface area contributed by atoms with Crippen LogP contribution in [0.3, 0.4) is 0 Å². The van der Waals surface area contributed by atoms with Gasteiger partial charge in [0.05, 0.1) is 0 Å². The minimum Gasteiger partial charge on any atom is -0.396 e. The minimum absolute atomic E-state index is 0.0191. The van der Waals surface area contributed by atoms with Crippen LogP contribution in [0.4, 0.5) is 0 Å².